The number of allylic oxidation sites excluding steroid dienone is 7. The number of esters is 1. The van der Waals surface area contributed by atoms with E-state index in [1.807, 2.05) is 6.08 Å². The van der Waals surface area contributed by atoms with Crippen molar-refractivity contribution in [1.29, 1.82) is 0 Å². The fourth-order valence-corrected chi connectivity index (χ4v) is 8.62. The molecular weight excluding hydrogens is 815 g/mol. The average Bonchev–Trinajstić information content (AvgIpc) is 3.32. The van der Waals surface area contributed by atoms with Crippen LogP contribution in [-0.4, -0.2) is 47.4 Å². The van der Waals surface area contributed by atoms with Crippen LogP contribution < -0.4 is 5.32 Å². The van der Waals surface area contributed by atoms with Gasteiger partial charge >= 0.3 is 5.97 Å². The molecule has 0 aliphatic heterocycles. The summed E-state index contributed by atoms with van der Waals surface area (Å²) >= 11 is 0. The van der Waals surface area contributed by atoms with Gasteiger partial charge in [0, 0.05) is 12.8 Å². The minimum absolute atomic E-state index is 0.0311. The summed E-state index contributed by atoms with van der Waals surface area (Å²) in [7, 11) is 0. The molecule has 0 saturated heterocycles. The minimum atomic E-state index is -0.860. The molecule has 6 heteroatoms. The van der Waals surface area contributed by atoms with Crippen LogP contribution in [0.2, 0.25) is 0 Å². The Balaban J connectivity index is 3.56. The van der Waals surface area contributed by atoms with Gasteiger partial charge in [-0.25, -0.2) is 0 Å². The van der Waals surface area contributed by atoms with Crippen LogP contribution in [0.5, 0.6) is 0 Å². The number of ether oxygens (including phenoxy) is 1. The largest absolute Gasteiger partial charge is 0.466 e. The van der Waals surface area contributed by atoms with Crippen molar-refractivity contribution in [2.75, 3.05) is 13.2 Å². The Morgan fingerprint density at radius 3 is 1.17 bits per heavy atom. The van der Waals surface area contributed by atoms with E-state index in [-0.39, 0.29) is 18.5 Å². The zero-order valence-electron chi connectivity index (χ0n) is 43.9. The summed E-state index contributed by atoms with van der Waals surface area (Å²) in [6.07, 6.45) is 69.9. The normalized spacial score (nSPS) is 13.0. The first kappa shape index (κ1) is 63.8. The molecule has 0 fully saturated rings. The monoisotopic (exact) mass is 926 g/mol. The second-order valence-electron chi connectivity index (χ2n) is 19.6. The third kappa shape index (κ3) is 51.2. The van der Waals surface area contributed by atoms with Crippen LogP contribution in [-0.2, 0) is 14.3 Å². The summed E-state index contributed by atoms with van der Waals surface area (Å²) in [6.45, 7) is 4.84. The smallest absolute Gasteiger partial charge is 0.305 e. The highest BCUT2D eigenvalue weighted by molar-refractivity contribution is 5.76. The van der Waals surface area contributed by atoms with Gasteiger partial charge in [0.15, 0.2) is 0 Å². The lowest BCUT2D eigenvalue weighted by atomic mass is 10.0. The molecule has 0 aromatic carbocycles. The minimum Gasteiger partial charge on any atom is -0.466 e. The van der Waals surface area contributed by atoms with E-state index in [4.69, 9.17) is 4.74 Å². The maximum Gasteiger partial charge on any atom is 0.305 e. The SMILES string of the molecule is CCCCCCCC/C=C\CCCCCCCC(=O)OCCCCC/C=C\C=C/CCCCCCCCC(=O)NC(CO)C(O)/C=C/CCCCCCCCCCCCCCCCCCC. The summed E-state index contributed by atoms with van der Waals surface area (Å²) in [5, 5.41) is 23.1. The van der Waals surface area contributed by atoms with Crippen molar-refractivity contribution in [2.24, 2.45) is 0 Å². The molecule has 0 aliphatic rings. The predicted octanol–water partition coefficient (Wildman–Crippen LogP) is 17.8. The van der Waals surface area contributed by atoms with E-state index in [0.717, 1.165) is 77.0 Å². The first-order chi connectivity index (χ1) is 32.5. The topological polar surface area (TPSA) is 95.9 Å². The van der Waals surface area contributed by atoms with Crippen molar-refractivity contribution in [2.45, 2.75) is 309 Å². The zero-order valence-corrected chi connectivity index (χ0v) is 43.9. The quantitative estimate of drug-likeness (QED) is 0.0244. The lowest BCUT2D eigenvalue weighted by Gasteiger charge is -2.20. The molecule has 386 valence electrons. The number of unbranched alkanes of at least 4 members (excludes halogenated alkanes) is 37. The molecule has 0 saturated carbocycles. The van der Waals surface area contributed by atoms with Crippen molar-refractivity contribution >= 4 is 11.9 Å². The lowest BCUT2D eigenvalue weighted by Crippen LogP contribution is -2.45. The number of carbonyl (C=O) groups excluding carboxylic acids is 2. The van der Waals surface area contributed by atoms with E-state index in [0.29, 0.717) is 19.4 Å². The van der Waals surface area contributed by atoms with Gasteiger partial charge in [0.2, 0.25) is 5.91 Å². The van der Waals surface area contributed by atoms with Gasteiger partial charge in [-0.15, -0.1) is 0 Å². The molecule has 66 heavy (non-hydrogen) atoms. The number of rotatable bonds is 53. The third-order valence-electron chi connectivity index (χ3n) is 13.1. The number of nitrogens with one attached hydrogen (secondary N) is 1. The molecule has 0 bridgehead atoms. The Kier molecular flexibility index (Phi) is 53.6. The molecular formula is C60H111NO5. The maximum absolute atomic E-state index is 12.5. The molecule has 0 aromatic rings. The summed E-state index contributed by atoms with van der Waals surface area (Å²) in [4.78, 5) is 24.5. The van der Waals surface area contributed by atoms with Gasteiger partial charge < -0.3 is 20.3 Å². The Bertz CT molecular complexity index is 1110. The first-order valence-electron chi connectivity index (χ1n) is 28.9. The van der Waals surface area contributed by atoms with Crippen LogP contribution in [0.3, 0.4) is 0 Å². The number of amides is 1. The Labute approximate surface area is 410 Å². The molecule has 2 unspecified atom stereocenters. The summed E-state index contributed by atoms with van der Waals surface area (Å²) < 4.78 is 5.44. The van der Waals surface area contributed by atoms with Crippen LogP contribution in [0.25, 0.3) is 0 Å². The van der Waals surface area contributed by atoms with Crippen LogP contribution in [0.15, 0.2) is 48.6 Å². The lowest BCUT2D eigenvalue weighted by molar-refractivity contribution is -0.143. The van der Waals surface area contributed by atoms with Crippen LogP contribution >= 0.6 is 0 Å². The number of hydrogen-bond donors (Lipinski definition) is 3. The highest BCUT2D eigenvalue weighted by Crippen LogP contribution is 2.16. The summed E-state index contributed by atoms with van der Waals surface area (Å²) in [5.74, 6) is -0.121. The Morgan fingerprint density at radius 1 is 0.424 bits per heavy atom. The van der Waals surface area contributed by atoms with Gasteiger partial charge in [-0.3, -0.25) is 9.59 Å². The van der Waals surface area contributed by atoms with Crippen LogP contribution in [0, 0.1) is 0 Å². The molecule has 3 N–H and O–H groups in total. The fraction of sp³-hybridized carbons (Fsp3) is 0.833. The van der Waals surface area contributed by atoms with Crippen molar-refractivity contribution in [3.63, 3.8) is 0 Å². The average molecular weight is 927 g/mol. The number of aliphatic hydroxyl groups excluding tert-OH is 2. The van der Waals surface area contributed by atoms with E-state index < -0.39 is 12.1 Å². The Morgan fingerprint density at radius 2 is 0.758 bits per heavy atom. The molecule has 0 aromatic heterocycles. The molecule has 0 spiro atoms. The molecule has 2 atom stereocenters. The highest BCUT2D eigenvalue weighted by Gasteiger charge is 2.18. The second-order valence-corrected chi connectivity index (χ2v) is 19.6. The Hall–Kier alpha value is -2.18. The molecule has 6 nitrogen and oxygen atoms in total. The third-order valence-corrected chi connectivity index (χ3v) is 13.1. The van der Waals surface area contributed by atoms with E-state index in [1.165, 1.54) is 193 Å². The zero-order chi connectivity index (χ0) is 47.9. The standard InChI is InChI=1S/C60H111NO5/c1-3-5-7-9-11-13-15-17-19-20-21-22-25-28-32-36-40-44-48-52-58(63)57(56-62)61-59(64)53-49-45-41-37-33-29-26-23-27-31-35-39-43-47-51-55-66-60(65)54-50-46-42-38-34-30-24-18-16-14-12-10-8-6-4-2/h18,23-24,27,31,35,48,52,57-58,62-63H,3-17,19-22,25-26,28-30,32-34,36-47,49-51,53-56H2,1-2H3,(H,61,64)/b24-18-,27-23-,35-31-,52-48+. The highest BCUT2D eigenvalue weighted by atomic mass is 16.5. The van der Waals surface area contributed by atoms with Crippen molar-refractivity contribution in [3.8, 4) is 0 Å². The number of hydrogen-bond acceptors (Lipinski definition) is 5. The van der Waals surface area contributed by atoms with Gasteiger partial charge in [-0.2, -0.15) is 0 Å². The van der Waals surface area contributed by atoms with E-state index in [2.05, 4.69) is 55.6 Å². The van der Waals surface area contributed by atoms with E-state index in [1.54, 1.807) is 6.08 Å². The van der Waals surface area contributed by atoms with Crippen molar-refractivity contribution in [1.82, 2.24) is 5.32 Å². The molecule has 0 radical (unpaired) electrons. The van der Waals surface area contributed by atoms with Crippen LogP contribution in [0.4, 0.5) is 0 Å². The van der Waals surface area contributed by atoms with Gasteiger partial charge in [-0.05, 0) is 89.9 Å². The van der Waals surface area contributed by atoms with Gasteiger partial charge in [0.25, 0.3) is 0 Å². The van der Waals surface area contributed by atoms with Gasteiger partial charge in [0.1, 0.15) is 0 Å². The number of aliphatic hydroxyl groups is 2. The molecule has 1 amide bonds. The van der Waals surface area contributed by atoms with Crippen molar-refractivity contribution in [3.05, 3.63) is 48.6 Å². The molecule has 0 rings (SSSR count). The van der Waals surface area contributed by atoms with E-state index >= 15 is 0 Å². The maximum atomic E-state index is 12.5. The fourth-order valence-electron chi connectivity index (χ4n) is 8.62. The van der Waals surface area contributed by atoms with Crippen LogP contribution in [0.1, 0.15) is 296 Å². The first-order valence-corrected chi connectivity index (χ1v) is 28.9. The summed E-state index contributed by atoms with van der Waals surface area (Å²) in [5.41, 5.74) is 0. The second kappa shape index (κ2) is 55.4. The molecule has 0 aliphatic carbocycles. The van der Waals surface area contributed by atoms with E-state index in [9.17, 15) is 19.8 Å². The number of carbonyl (C=O) groups is 2. The van der Waals surface area contributed by atoms with Gasteiger partial charge in [0.05, 0.1) is 25.4 Å². The predicted molar refractivity (Wildman–Crippen MR) is 287 cm³/mol. The molecule has 0 heterocycles. The van der Waals surface area contributed by atoms with Crippen molar-refractivity contribution < 1.29 is 24.5 Å². The summed E-state index contributed by atoms with van der Waals surface area (Å²) in [6, 6.07) is -0.646. The van der Waals surface area contributed by atoms with Gasteiger partial charge in [-0.1, -0.05) is 242 Å².